The molecule has 0 saturated heterocycles. The summed E-state index contributed by atoms with van der Waals surface area (Å²) in [6.45, 7) is 2.12. The van der Waals surface area contributed by atoms with Crippen LogP contribution in [0.25, 0.3) is 0 Å². The fourth-order valence-electron chi connectivity index (χ4n) is 1.62. The third-order valence-electron chi connectivity index (χ3n) is 2.61. The first-order chi connectivity index (χ1) is 8.20. The Hall–Kier alpha value is -0.970. The minimum atomic E-state index is -0.470. The maximum absolute atomic E-state index is 12.0. The lowest BCUT2D eigenvalue weighted by Gasteiger charge is -2.06. The second kappa shape index (κ2) is 5.58. The van der Waals surface area contributed by atoms with Crippen molar-refractivity contribution in [2.45, 2.75) is 25.8 Å². The number of carbonyl (C=O) groups excluding carboxylic acids is 1. The number of thiophene rings is 2. The van der Waals surface area contributed by atoms with Gasteiger partial charge in [-0.2, -0.15) is 0 Å². The molecule has 0 spiro atoms. The van der Waals surface area contributed by atoms with Gasteiger partial charge in [0.25, 0.3) is 0 Å². The fourth-order valence-corrected chi connectivity index (χ4v) is 3.33. The summed E-state index contributed by atoms with van der Waals surface area (Å²) in [5.41, 5.74) is 5.94. The van der Waals surface area contributed by atoms with Crippen molar-refractivity contribution in [2.24, 2.45) is 5.73 Å². The quantitative estimate of drug-likeness (QED) is 0.902. The molecule has 0 aliphatic carbocycles. The number of Topliss-reactive ketones (excluding diaryl/α,β-unsaturated/α-hetero) is 1. The summed E-state index contributed by atoms with van der Waals surface area (Å²) in [6.07, 6.45) is 1.47. The molecular weight excluding hydrogens is 250 g/mol. The summed E-state index contributed by atoms with van der Waals surface area (Å²) in [4.78, 5) is 15.4. The third-order valence-corrected chi connectivity index (χ3v) is 4.80. The lowest BCUT2D eigenvalue weighted by Crippen LogP contribution is -2.21. The van der Waals surface area contributed by atoms with Crippen LogP contribution in [0, 0.1) is 0 Å². The number of carbonyl (C=O) groups is 1. The monoisotopic (exact) mass is 265 g/mol. The Kier molecular flexibility index (Phi) is 4.10. The molecule has 1 unspecified atom stereocenters. The van der Waals surface area contributed by atoms with Crippen LogP contribution in [0.15, 0.2) is 29.6 Å². The van der Waals surface area contributed by atoms with Crippen LogP contribution in [0.3, 0.4) is 0 Å². The van der Waals surface area contributed by atoms with E-state index in [1.165, 1.54) is 16.2 Å². The van der Waals surface area contributed by atoms with E-state index in [2.05, 4.69) is 13.0 Å². The molecule has 2 heterocycles. The van der Waals surface area contributed by atoms with Crippen LogP contribution >= 0.6 is 22.7 Å². The lowest BCUT2D eigenvalue weighted by molar-refractivity contribution is -0.119. The summed E-state index contributed by atoms with van der Waals surface area (Å²) in [6, 6.07) is 7.49. The van der Waals surface area contributed by atoms with Crippen molar-refractivity contribution < 1.29 is 4.79 Å². The Labute approximate surface area is 109 Å². The number of hydrogen-bond acceptors (Lipinski definition) is 4. The van der Waals surface area contributed by atoms with Crippen molar-refractivity contribution in [1.82, 2.24) is 0 Å². The predicted octanol–water partition coefficient (Wildman–Crippen LogP) is 3.18. The summed E-state index contributed by atoms with van der Waals surface area (Å²) in [7, 11) is 0. The molecule has 0 fully saturated rings. The molecule has 0 aliphatic heterocycles. The molecule has 2 N–H and O–H groups in total. The first-order valence-electron chi connectivity index (χ1n) is 5.60. The van der Waals surface area contributed by atoms with Gasteiger partial charge < -0.3 is 5.73 Å². The zero-order chi connectivity index (χ0) is 12.3. The average molecular weight is 265 g/mol. The van der Waals surface area contributed by atoms with Gasteiger partial charge in [-0.3, -0.25) is 4.79 Å². The molecule has 0 amide bonds. The molecule has 2 aromatic heterocycles. The second-order valence-corrected chi connectivity index (χ2v) is 6.09. The highest BCUT2D eigenvalue weighted by Gasteiger charge is 2.17. The van der Waals surface area contributed by atoms with Gasteiger partial charge in [0.15, 0.2) is 5.78 Å². The van der Waals surface area contributed by atoms with Crippen LogP contribution in [-0.4, -0.2) is 5.78 Å². The minimum Gasteiger partial charge on any atom is -0.317 e. The largest absolute Gasteiger partial charge is 0.317 e. The molecule has 1 atom stereocenters. The van der Waals surface area contributed by atoms with Crippen molar-refractivity contribution in [1.29, 1.82) is 0 Å². The average Bonchev–Trinajstić information content (AvgIpc) is 2.98. The molecular formula is C13H15NOS2. The van der Waals surface area contributed by atoms with E-state index in [4.69, 9.17) is 5.73 Å². The maximum atomic E-state index is 12.0. The van der Waals surface area contributed by atoms with Gasteiger partial charge in [0, 0.05) is 21.1 Å². The molecule has 17 heavy (non-hydrogen) atoms. The van der Waals surface area contributed by atoms with Crippen LogP contribution in [0.1, 0.15) is 27.6 Å². The van der Waals surface area contributed by atoms with E-state index in [0.29, 0.717) is 6.42 Å². The van der Waals surface area contributed by atoms with E-state index in [9.17, 15) is 4.79 Å². The third kappa shape index (κ3) is 3.03. The minimum absolute atomic E-state index is 0.0944. The van der Waals surface area contributed by atoms with Crippen molar-refractivity contribution in [3.8, 4) is 0 Å². The van der Waals surface area contributed by atoms with Crippen molar-refractivity contribution in [3.63, 3.8) is 0 Å². The summed E-state index contributed by atoms with van der Waals surface area (Å²) >= 11 is 3.24. The predicted molar refractivity (Wildman–Crippen MR) is 73.7 cm³/mol. The van der Waals surface area contributed by atoms with E-state index < -0.39 is 6.04 Å². The Morgan fingerprint density at radius 1 is 1.35 bits per heavy atom. The molecule has 2 rings (SSSR count). The SMILES string of the molecule is CCc1ccc(CC(=O)C(N)c2cccs2)s1. The van der Waals surface area contributed by atoms with Crippen molar-refractivity contribution >= 4 is 28.5 Å². The Morgan fingerprint density at radius 3 is 2.71 bits per heavy atom. The van der Waals surface area contributed by atoms with Gasteiger partial charge in [-0.1, -0.05) is 13.0 Å². The molecule has 0 aliphatic rings. The lowest BCUT2D eigenvalue weighted by atomic mass is 10.1. The molecule has 0 radical (unpaired) electrons. The Bertz CT molecular complexity index is 487. The summed E-state index contributed by atoms with van der Waals surface area (Å²) in [5.74, 6) is 0.0944. The first-order valence-corrected chi connectivity index (χ1v) is 7.29. The highest BCUT2D eigenvalue weighted by atomic mass is 32.1. The van der Waals surface area contributed by atoms with Gasteiger partial charge in [0.2, 0.25) is 0 Å². The van der Waals surface area contributed by atoms with Gasteiger partial charge in [-0.05, 0) is 30.0 Å². The molecule has 0 aromatic carbocycles. The van der Waals surface area contributed by atoms with E-state index in [0.717, 1.165) is 16.2 Å². The first kappa shape index (κ1) is 12.5. The van der Waals surface area contributed by atoms with Gasteiger partial charge in [-0.25, -0.2) is 0 Å². The molecule has 0 saturated carbocycles. The van der Waals surface area contributed by atoms with Crippen molar-refractivity contribution in [2.75, 3.05) is 0 Å². The second-order valence-electron chi connectivity index (χ2n) is 3.86. The summed E-state index contributed by atoms with van der Waals surface area (Å²) in [5, 5.41) is 1.95. The Morgan fingerprint density at radius 2 is 2.12 bits per heavy atom. The molecule has 2 aromatic rings. The maximum Gasteiger partial charge on any atom is 0.160 e. The van der Waals surface area contributed by atoms with Gasteiger partial charge in [-0.15, -0.1) is 22.7 Å². The van der Waals surface area contributed by atoms with E-state index in [1.54, 1.807) is 11.3 Å². The van der Waals surface area contributed by atoms with Gasteiger partial charge in [0.05, 0.1) is 6.04 Å². The fraction of sp³-hybridized carbons (Fsp3) is 0.308. The zero-order valence-corrected chi connectivity index (χ0v) is 11.3. The van der Waals surface area contributed by atoms with Gasteiger partial charge >= 0.3 is 0 Å². The standard InChI is InChI=1S/C13H15NOS2/c1-2-9-5-6-10(17-9)8-11(15)13(14)12-4-3-7-16-12/h3-7,13H,2,8,14H2,1H3. The highest BCUT2D eigenvalue weighted by molar-refractivity contribution is 7.12. The van der Waals surface area contributed by atoms with Crippen molar-refractivity contribution in [3.05, 3.63) is 44.3 Å². The molecule has 2 nitrogen and oxygen atoms in total. The number of rotatable bonds is 5. The topological polar surface area (TPSA) is 43.1 Å². The number of nitrogens with two attached hydrogens (primary N) is 1. The van der Waals surface area contributed by atoms with E-state index >= 15 is 0 Å². The van der Waals surface area contributed by atoms with Crippen LogP contribution < -0.4 is 5.73 Å². The van der Waals surface area contributed by atoms with Crippen LogP contribution in [0.4, 0.5) is 0 Å². The number of hydrogen-bond donors (Lipinski definition) is 1. The van der Waals surface area contributed by atoms with E-state index in [1.807, 2.05) is 23.6 Å². The summed E-state index contributed by atoms with van der Waals surface area (Å²) < 4.78 is 0. The number of aryl methyl sites for hydroxylation is 1. The van der Waals surface area contributed by atoms with Gasteiger partial charge in [0.1, 0.15) is 0 Å². The van der Waals surface area contributed by atoms with Crippen LogP contribution in [0.5, 0.6) is 0 Å². The zero-order valence-electron chi connectivity index (χ0n) is 9.68. The molecule has 90 valence electrons. The molecule has 0 bridgehead atoms. The Balaban J connectivity index is 2.01. The number of ketones is 1. The van der Waals surface area contributed by atoms with Crippen LogP contribution in [0.2, 0.25) is 0 Å². The highest BCUT2D eigenvalue weighted by Crippen LogP contribution is 2.22. The normalized spacial score (nSPS) is 12.6. The molecule has 4 heteroatoms. The van der Waals surface area contributed by atoms with Crippen LogP contribution in [-0.2, 0) is 17.6 Å². The smallest absolute Gasteiger partial charge is 0.160 e. The van der Waals surface area contributed by atoms with E-state index in [-0.39, 0.29) is 5.78 Å².